The van der Waals surface area contributed by atoms with E-state index in [4.69, 9.17) is 18.9 Å². The Morgan fingerprint density at radius 1 is 0.963 bits per heavy atom. The van der Waals surface area contributed by atoms with Gasteiger partial charge < -0.3 is 34.5 Å². The molecule has 0 radical (unpaired) electrons. The maximum Gasteiger partial charge on any atom is 0.408 e. The zero-order valence-corrected chi connectivity index (χ0v) is 32.4. The van der Waals surface area contributed by atoms with Gasteiger partial charge in [-0.3, -0.25) is 4.79 Å². The van der Waals surface area contributed by atoms with Gasteiger partial charge in [-0.25, -0.2) is 14.4 Å². The lowest BCUT2D eigenvalue weighted by molar-refractivity contribution is -0.284. The molecule has 11 nitrogen and oxygen atoms in total. The monoisotopic (exact) mass is 743 g/mol. The van der Waals surface area contributed by atoms with E-state index in [0.717, 1.165) is 6.42 Å². The van der Waals surface area contributed by atoms with Crippen molar-refractivity contribution >= 4 is 23.8 Å². The van der Waals surface area contributed by atoms with Gasteiger partial charge in [-0.05, 0) is 75.3 Å². The molecule has 0 aromatic heterocycles. The third-order valence-electron chi connectivity index (χ3n) is 13.4. The SMILES string of the molecule is CC1=C2[C@@H](C)C(=O)[C@]34C[C@H]3C[C@H]3OC[C@@]3(C)C4C(OC(=O)c3ccccc3)[C@](O)(C[C@@H]1OC(=O)[C@H](O)[C@@H](NC(=O)OC(C)(C)C)c1ccccc1)C2(C)C. The van der Waals surface area contributed by atoms with Crippen molar-refractivity contribution in [1.29, 1.82) is 0 Å². The van der Waals surface area contributed by atoms with E-state index in [-0.39, 0.29) is 24.2 Å². The number of esters is 2. The number of ether oxygens (including phenoxy) is 4. The van der Waals surface area contributed by atoms with Crippen LogP contribution in [0.1, 0.15) is 96.6 Å². The number of alkyl carbamates (subject to hydrolysis) is 1. The van der Waals surface area contributed by atoms with Crippen molar-refractivity contribution in [3.8, 4) is 0 Å². The lowest BCUT2D eigenvalue weighted by atomic mass is 9.45. The van der Waals surface area contributed by atoms with Gasteiger partial charge in [0.2, 0.25) is 0 Å². The average molecular weight is 744 g/mol. The van der Waals surface area contributed by atoms with Gasteiger partial charge in [0.15, 0.2) is 6.10 Å². The normalized spacial score (nSPS) is 36.0. The highest BCUT2D eigenvalue weighted by atomic mass is 16.6. The van der Waals surface area contributed by atoms with Crippen molar-refractivity contribution in [3.63, 3.8) is 0 Å². The van der Waals surface area contributed by atoms with Crippen molar-refractivity contribution in [3.05, 3.63) is 82.9 Å². The fourth-order valence-electron chi connectivity index (χ4n) is 10.6. The van der Waals surface area contributed by atoms with Crippen LogP contribution in [0, 0.1) is 34.0 Å². The van der Waals surface area contributed by atoms with Crippen molar-refractivity contribution in [2.24, 2.45) is 34.0 Å². The maximum atomic E-state index is 15.0. The first kappa shape index (κ1) is 38.2. The van der Waals surface area contributed by atoms with Crippen LogP contribution in [0.2, 0.25) is 0 Å². The van der Waals surface area contributed by atoms with E-state index in [1.54, 1.807) is 88.4 Å². The number of Topliss-reactive ketones (excluding diaryl/α,β-unsaturated/α-hetero) is 1. The van der Waals surface area contributed by atoms with Crippen molar-refractivity contribution in [2.45, 2.75) is 116 Å². The Balaban J connectivity index is 1.29. The first-order valence-electron chi connectivity index (χ1n) is 19.0. The second kappa shape index (κ2) is 13.0. The molecule has 2 unspecified atom stereocenters. The number of rotatable bonds is 7. The van der Waals surface area contributed by atoms with Gasteiger partial charge in [0.05, 0.1) is 24.3 Å². The zero-order chi connectivity index (χ0) is 39.2. The first-order valence-corrected chi connectivity index (χ1v) is 19.0. The number of aliphatic hydroxyl groups excluding tert-OH is 1. The molecular weight excluding hydrogens is 690 g/mol. The number of hydrogen-bond acceptors (Lipinski definition) is 10. The zero-order valence-electron chi connectivity index (χ0n) is 32.4. The molecule has 290 valence electrons. The van der Waals surface area contributed by atoms with E-state index < -0.39 is 81.7 Å². The summed E-state index contributed by atoms with van der Waals surface area (Å²) >= 11 is 0. The van der Waals surface area contributed by atoms with Crippen molar-refractivity contribution < 1.29 is 48.3 Å². The molecule has 2 aromatic rings. The molecule has 1 saturated heterocycles. The van der Waals surface area contributed by atoms with Crippen molar-refractivity contribution in [1.82, 2.24) is 5.32 Å². The predicted octanol–water partition coefficient (Wildman–Crippen LogP) is 5.88. The topological polar surface area (TPSA) is 158 Å². The highest BCUT2D eigenvalue weighted by Gasteiger charge is 2.81. The Morgan fingerprint density at radius 3 is 2.19 bits per heavy atom. The maximum absolute atomic E-state index is 15.0. The van der Waals surface area contributed by atoms with E-state index in [1.165, 1.54) is 0 Å². The van der Waals surface area contributed by atoms with Gasteiger partial charge in [0.1, 0.15) is 29.2 Å². The number of ketones is 1. The van der Waals surface area contributed by atoms with Crippen LogP contribution in [0.15, 0.2) is 71.8 Å². The van der Waals surface area contributed by atoms with Crippen LogP contribution in [0.4, 0.5) is 4.79 Å². The number of hydrogen-bond donors (Lipinski definition) is 3. The summed E-state index contributed by atoms with van der Waals surface area (Å²) in [6.07, 6.45) is -3.99. The lowest BCUT2D eigenvalue weighted by Gasteiger charge is -2.64. The van der Waals surface area contributed by atoms with Crippen LogP contribution in [0.5, 0.6) is 0 Å². The molecule has 2 bridgehead atoms. The average Bonchev–Trinajstić information content (AvgIpc) is 3.84. The molecule has 2 aromatic carbocycles. The number of nitrogens with one attached hydrogen (secondary N) is 1. The molecule has 4 fully saturated rings. The minimum absolute atomic E-state index is 0.0244. The molecule has 54 heavy (non-hydrogen) atoms. The molecule has 3 N–H and O–H groups in total. The number of carbonyl (C=O) groups is 4. The molecule has 1 amide bonds. The largest absolute Gasteiger partial charge is 0.456 e. The summed E-state index contributed by atoms with van der Waals surface area (Å²) in [5.41, 5.74) is -3.22. The summed E-state index contributed by atoms with van der Waals surface area (Å²) in [6, 6.07) is 15.9. The van der Waals surface area contributed by atoms with Gasteiger partial charge in [0, 0.05) is 34.5 Å². The fourth-order valence-corrected chi connectivity index (χ4v) is 10.6. The Kier molecular flexibility index (Phi) is 9.22. The van der Waals surface area contributed by atoms with Crippen LogP contribution < -0.4 is 5.32 Å². The molecule has 5 aliphatic rings. The Labute approximate surface area is 316 Å². The molecular formula is C43H53NO10. The molecule has 1 heterocycles. The number of carbonyl (C=O) groups excluding carboxylic acids is 4. The smallest absolute Gasteiger partial charge is 0.408 e. The predicted molar refractivity (Wildman–Crippen MR) is 197 cm³/mol. The van der Waals surface area contributed by atoms with Crippen LogP contribution in [-0.4, -0.2) is 76.3 Å². The Hall–Kier alpha value is -4.06. The summed E-state index contributed by atoms with van der Waals surface area (Å²) in [4.78, 5) is 56.1. The minimum atomic E-state index is -1.88. The van der Waals surface area contributed by atoms with Crippen LogP contribution >= 0.6 is 0 Å². The summed E-state index contributed by atoms with van der Waals surface area (Å²) in [5, 5.41) is 27.7. The molecule has 1 spiro atoms. The van der Waals surface area contributed by atoms with E-state index in [1.807, 2.05) is 20.8 Å². The number of benzene rings is 2. The number of aliphatic hydroxyl groups is 2. The van der Waals surface area contributed by atoms with Crippen molar-refractivity contribution in [2.75, 3.05) is 6.61 Å². The van der Waals surface area contributed by atoms with E-state index >= 15 is 4.79 Å². The van der Waals surface area contributed by atoms with E-state index in [9.17, 15) is 24.6 Å². The van der Waals surface area contributed by atoms with Gasteiger partial charge in [-0.1, -0.05) is 76.2 Å². The summed E-state index contributed by atoms with van der Waals surface area (Å²) in [6.45, 7) is 14.9. The molecule has 11 atom stereocenters. The van der Waals surface area contributed by atoms with E-state index in [0.29, 0.717) is 35.3 Å². The minimum Gasteiger partial charge on any atom is -0.456 e. The van der Waals surface area contributed by atoms with Gasteiger partial charge >= 0.3 is 18.0 Å². The second-order valence-corrected chi connectivity index (χ2v) is 18.0. The fraction of sp³-hybridized carbons (Fsp3) is 0.581. The van der Waals surface area contributed by atoms with Gasteiger partial charge in [-0.15, -0.1) is 0 Å². The Morgan fingerprint density at radius 2 is 1.59 bits per heavy atom. The van der Waals surface area contributed by atoms with Crippen LogP contribution in [-0.2, 0) is 28.5 Å². The van der Waals surface area contributed by atoms with Gasteiger partial charge in [-0.2, -0.15) is 0 Å². The highest BCUT2D eigenvalue weighted by Crippen LogP contribution is 2.76. The molecule has 7 rings (SSSR count). The highest BCUT2D eigenvalue weighted by molar-refractivity contribution is 5.94. The standard InChI is InChI=1S/C43H53NO10/c1-23-28(52-37(48)32(45)31(25-15-11-9-12-16-25)44-38(49)54-39(3,4)5)21-43(50)35(53-36(47)26-17-13-10-14-18-26)33-41(8)22-51-29(41)19-27-20-42(27,33)34(46)24(2)30(23)40(43,6)7/h9-18,24,27-29,31-33,35,45,50H,19-22H2,1-8H3,(H,44,49)/t24-,27-,28+,29-,31+,32-,33?,35?,41-,42-,43-/m1/s1. The van der Waals surface area contributed by atoms with Gasteiger partial charge in [0.25, 0.3) is 0 Å². The van der Waals surface area contributed by atoms with Crippen LogP contribution in [0.3, 0.4) is 0 Å². The van der Waals surface area contributed by atoms with E-state index in [2.05, 4.69) is 12.2 Å². The molecule has 11 heteroatoms. The molecule has 4 aliphatic carbocycles. The number of amides is 1. The van der Waals surface area contributed by atoms with Crippen LogP contribution in [0.25, 0.3) is 0 Å². The quantitative estimate of drug-likeness (QED) is 0.178. The molecule has 1 aliphatic heterocycles. The lowest BCUT2D eigenvalue weighted by Crippen LogP contribution is -2.73. The Bertz CT molecular complexity index is 1870. The number of fused-ring (bicyclic) bond motifs is 4. The third-order valence-corrected chi connectivity index (χ3v) is 13.4. The first-order chi connectivity index (χ1) is 25.3. The summed E-state index contributed by atoms with van der Waals surface area (Å²) < 4.78 is 24.2. The molecule has 3 saturated carbocycles. The summed E-state index contributed by atoms with van der Waals surface area (Å²) in [5.74, 6) is -2.83. The second-order valence-electron chi connectivity index (χ2n) is 18.0. The third kappa shape index (κ3) is 5.89. The summed E-state index contributed by atoms with van der Waals surface area (Å²) in [7, 11) is 0.